The molecule has 1 N–H and O–H groups in total. The van der Waals surface area contributed by atoms with E-state index >= 15 is 0 Å². The summed E-state index contributed by atoms with van der Waals surface area (Å²) >= 11 is 4.20. The van der Waals surface area contributed by atoms with Gasteiger partial charge in [0, 0.05) is 10.4 Å². The van der Waals surface area contributed by atoms with Gasteiger partial charge in [0.2, 0.25) is 0 Å². The highest BCUT2D eigenvalue weighted by molar-refractivity contribution is 9.10. The van der Waals surface area contributed by atoms with Crippen LogP contribution in [0, 0.1) is 12.7 Å². The van der Waals surface area contributed by atoms with E-state index in [4.69, 9.17) is 5.11 Å². The fourth-order valence-electron chi connectivity index (χ4n) is 1.53. The molecular formula is C12H8BrFO2S. The summed E-state index contributed by atoms with van der Waals surface area (Å²) in [6.07, 6.45) is 0. The Morgan fingerprint density at radius 2 is 2.18 bits per heavy atom. The first-order valence-corrected chi connectivity index (χ1v) is 6.39. The normalized spacial score (nSPS) is 10.5. The zero-order chi connectivity index (χ0) is 12.6. The van der Waals surface area contributed by atoms with Crippen LogP contribution in [0.1, 0.15) is 15.2 Å². The molecule has 0 bridgehead atoms. The minimum Gasteiger partial charge on any atom is -0.477 e. The maximum Gasteiger partial charge on any atom is 0.345 e. The summed E-state index contributed by atoms with van der Waals surface area (Å²) < 4.78 is 14.3. The Hall–Kier alpha value is -1.20. The molecule has 2 nitrogen and oxygen atoms in total. The summed E-state index contributed by atoms with van der Waals surface area (Å²) in [6, 6.07) is 6.54. The van der Waals surface area contributed by atoms with Gasteiger partial charge in [0.25, 0.3) is 0 Å². The summed E-state index contributed by atoms with van der Waals surface area (Å²) in [4.78, 5) is 11.7. The van der Waals surface area contributed by atoms with Crippen LogP contribution in [-0.2, 0) is 0 Å². The first-order chi connectivity index (χ1) is 8.00. The van der Waals surface area contributed by atoms with Crippen LogP contribution in [0.4, 0.5) is 4.39 Å². The fourth-order valence-corrected chi connectivity index (χ4v) is 2.93. The van der Waals surface area contributed by atoms with Crippen molar-refractivity contribution in [2.45, 2.75) is 6.92 Å². The SMILES string of the molecule is Cc1cc(C(=O)O)sc1-c1cccc(Br)c1F. The monoisotopic (exact) mass is 314 g/mol. The third-order valence-corrected chi connectivity index (χ3v) is 4.20. The lowest BCUT2D eigenvalue weighted by atomic mass is 10.1. The molecule has 1 heterocycles. The van der Waals surface area contributed by atoms with Crippen molar-refractivity contribution in [1.29, 1.82) is 0 Å². The maximum absolute atomic E-state index is 13.9. The Bertz CT molecular complexity index is 592. The first-order valence-electron chi connectivity index (χ1n) is 4.79. The van der Waals surface area contributed by atoms with Gasteiger partial charge in [-0.15, -0.1) is 11.3 Å². The van der Waals surface area contributed by atoms with Crippen LogP contribution in [0.3, 0.4) is 0 Å². The Morgan fingerprint density at radius 1 is 1.47 bits per heavy atom. The van der Waals surface area contributed by atoms with Crippen LogP contribution >= 0.6 is 27.3 Å². The van der Waals surface area contributed by atoms with Crippen LogP contribution in [0.2, 0.25) is 0 Å². The molecule has 0 aliphatic carbocycles. The maximum atomic E-state index is 13.9. The zero-order valence-electron chi connectivity index (χ0n) is 8.83. The molecule has 0 aliphatic rings. The number of hydrogen-bond donors (Lipinski definition) is 1. The van der Waals surface area contributed by atoms with Crippen LogP contribution in [0.15, 0.2) is 28.7 Å². The lowest BCUT2D eigenvalue weighted by molar-refractivity contribution is 0.0702. The van der Waals surface area contributed by atoms with Crippen LogP contribution in [0.5, 0.6) is 0 Å². The van der Waals surface area contributed by atoms with Crippen molar-refractivity contribution in [3.63, 3.8) is 0 Å². The number of carbonyl (C=O) groups is 1. The molecule has 0 amide bonds. The van der Waals surface area contributed by atoms with Crippen molar-refractivity contribution in [2.24, 2.45) is 0 Å². The van der Waals surface area contributed by atoms with E-state index in [1.54, 1.807) is 31.2 Å². The second kappa shape index (κ2) is 4.58. The van der Waals surface area contributed by atoms with Crippen LogP contribution < -0.4 is 0 Å². The molecule has 2 rings (SSSR count). The van der Waals surface area contributed by atoms with E-state index in [9.17, 15) is 9.18 Å². The van der Waals surface area contributed by atoms with Gasteiger partial charge in [0.15, 0.2) is 0 Å². The van der Waals surface area contributed by atoms with Gasteiger partial charge in [-0.1, -0.05) is 12.1 Å². The number of thiophene rings is 1. The minimum absolute atomic E-state index is 0.219. The summed E-state index contributed by atoms with van der Waals surface area (Å²) in [7, 11) is 0. The van der Waals surface area contributed by atoms with Gasteiger partial charge in [-0.05, 0) is 40.5 Å². The van der Waals surface area contributed by atoms with Crippen molar-refractivity contribution in [2.75, 3.05) is 0 Å². The summed E-state index contributed by atoms with van der Waals surface area (Å²) in [5.41, 5.74) is 1.19. The molecule has 0 radical (unpaired) electrons. The smallest absolute Gasteiger partial charge is 0.345 e. The Morgan fingerprint density at radius 3 is 2.76 bits per heavy atom. The highest BCUT2D eigenvalue weighted by Crippen LogP contribution is 2.35. The molecule has 0 aliphatic heterocycles. The van der Waals surface area contributed by atoms with Crippen LogP contribution in [-0.4, -0.2) is 11.1 Å². The van der Waals surface area contributed by atoms with Crippen LogP contribution in [0.25, 0.3) is 10.4 Å². The number of rotatable bonds is 2. The molecular weight excluding hydrogens is 307 g/mol. The van der Waals surface area contributed by atoms with E-state index < -0.39 is 5.97 Å². The number of carboxylic acids is 1. The molecule has 1 aromatic carbocycles. The largest absolute Gasteiger partial charge is 0.477 e. The number of benzene rings is 1. The van der Waals surface area contributed by atoms with E-state index in [0.29, 0.717) is 14.9 Å². The lowest BCUT2D eigenvalue weighted by Gasteiger charge is -2.03. The summed E-state index contributed by atoms with van der Waals surface area (Å²) in [5, 5.41) is 8.90. The Balaban J connectivity index is 2.60. The first kappa shape index (κ1) is 12.3. The molecule has 0 atom stereocenters. The molecule has 88 valence electrons. The quantitative estimate of drug-likeness (QED) is 0.896. The van der Waals surface area contributed by atoms with Crippen molar-refractivity contribution in [3.05, 3.63) is 45.0 Å². The van der Waals surface area contributed by atoms with Crippen molar-refractivity contribution in [1.82, 2.24) is 0 Å². The number of hydrogen-bond acceptors (Lipinski definition) is 2. The Labute approximate surface area is 110 Å². The van der Waals surface area contributed by atoms with E-state index in [2.05, 4.69) is 15.9 Å². The summed E-state index contributed by atoms with van der Waals surface area (Å²) in [6.45, 7) is 1.78. The molecule has 0 unspecified atom stereocenters. The van der Waals surface area contributed by atoms with Gasteiger partial charge in [-0.25, -0.2) is 9.18 Å². The number of aromatic carboxylic acids is 1. The van der Waals surface area contributed by atoms with Gasteiger partial charge >= 0.3 is 5.97 Å². The molecule has 5 heteroatoms. The standard InChI is InChI=1S/C12H8BrFO2S/c1-6-5-9(12(15)16)17-11(6)7-3-2-4-8(13)10(7)14/h2-5H,1H3,(H,15,16). The Kier molecular flexibility index (Phi) is 3.31. The van der Waals surface area contributed by atoms with Crippen molar-refractivity contribution < 1.29 is 14.3 Å². The zero-order valence-corrected chi connectivity index (χ0v) is 11.2. The third-order valence-electron chi connectivity index (χ3n) is 2.32. The minimum atomic E-state index is -0.986. The topological polar surface area (TPSA) is 37.3 Å². The van der Waals surface area contributed by atoms with Gasteiger partial charge in [0.1, 0.15) is 10.7 Å². The average molecular weight is 315 g/mol. The predicted octanol–water partition coefficient (Wildman–Crippen LogP) is 4.32. The average Bonchev–Trinajstić information content (AvgIpc) is 2.65. The second-order valence-corrected chi connectivity index (χ2v) is 5.44. The van der Waals surface area contributed by atoms with E-state index in [1.165, 1.54) is 0 Å². The molecule has 0 fully saturated rings. The fraction of sp³-hybridized carbons (Fsp3) is 0.0833. The van der Waals surface area contributed by atoms with Gasteiger partial charge in [-0.2, -0.15) is 0 Å². The molecule has 0 saturated heterocycles. The number of aryl methyl sites for hydroxylation is 1. The predicted molar refractivity (Wildman–Crippen MR) is 69.1 cm³/mol. The third kappa shape index (κ3) is 2.25. The van der Waals surface area contributed by atoms with E-state index in [0.717, 1.165) is 16.9 Å². The second-order valence-electron chi connectivity index (χ2n) is 3.53. The molecule has 0 saturated carbocycles. The number of halogens is 2. The van der Waals surface area contributed by atoms with Gasteiger partial charge in [0.05, 0.1) is 4.47 Å². The molecule has 2 aromatic rings. The lowest BCUT2D eigenvalue weighted by Crippen LogP contribution is -1.89. The molecule has 17 heavy (non-hydrogen) atoms. The van der Waals surface area contributed by atoms with Crippen molar-refractivity contribution >= 4 is 33.2 Å². The summed E-state index contributed by atoms with van der Waals surface area (Å²) in [5.74, 6) is -1.35. The number of carboxylic acid groups (broad SMARTS) is 1. The van der Waals surface area contributed by atoms with E-state index in [1.807, 2.05) is 0 Å². The highest BCUT2D eigenvalue weighted by Gasteiger charge is 2.16. The van der Waals surface area contributed by atoms with Gasteiger partial charge in [-0.3, -0.25) is 0 Å². The molecule has 0 spiro atoms. The van der Waals surface area contributed by atoms with Gasteiger partial charge < -0.3 is 5.11 Å². The van der Waals surface area contributed by atoms with Crippen molar-refractivity contribution in [3.8, 4) is 10.4 Å². The van der Waals surface area contributed by atoms with E-state index in [-0.39, 0.29) is 10.7 Å². The highest BCUT2D eigenvalue weighted by atomic mass is 79.9. The molecule has 1 aromatic heterocycles.